The molecule has 0 spiro atoms. The highest BCUT2D eigenvalue weighted by Gasteiger charge is 2.49. The largest absolute Gasteiger partial charge is 0.534 e. The first kappa shape index (κ1) is 26.5. The predicted octanol–water partition coefficient (Wildman–Crippen LogP) is 9.35. The van der Waals surface area contributed by atoms with Crippen LogP contribution in [-0.4, -0.2) is 13.9 Å². The lowest BCUT2D eigenvalue weighted by Crippen LogP contribution is -2.29. The minimum atomic E-state index is -5.89. The number of halogens is 3. The Morgan fingerprint density at radius 3 is 1.76 bits per heavy atom. The number of hydrogen-bond acceptors (Lipinski definition) is 3. The molecule has 1 aliphatic carbocycles. The van der Waals surface area contributed by atoms with Crippen LogP contribution >= 0.6 is 0 Å². The van der Waals surface area contributed by atoms with E-state index >= 15 is 0 Å². The molecule has 7 rings (SSSR count). The first-order chi connectivity index (χ1) is 20.1. The Kier molecular flexibility index (Phi) is 6.06. The van der Waals surface area contributed by atoms with Gasteiger partial charge >= 0.3 is 15.6 Å². The number of benzene rings is 6. The molecule has 6 aromatic rings. The second kappa shape index (κ2) is 9.60. The molecule has 0 N–H and O–H groups in total. The van der Waals surface area contributed by atoms with Crippen molar-refractivity contribution in [2.45, 2.75) is 30.7 Å². The molecule has 0 fully saturated rings. The van der Waals surface area contributed by atoms with Crippen molar-refractivity contribution in [3.05, 3.63) is 137 Å². The van der Waals surface area contributed by atoms with Crippen LogP contribution < -0.4 is 4.18 Å². The minimum absolute atomic E-state index is 0.106. The summed E-state index contributed by atoms with van der Waals surface area (Å²) in [6.07, 6.45) is 0.515. The molecule has 0 bridgehead atoms. The van der Waals surface area contributed by atoms with E-state index in [1.807, 2.05) is 79.7 Å². The van der Waals surface area contributed by atoms with Crippen LogP contribution in [0.15, 0.2) is 109 Å². The third-order valence-electron chi connectivity index (χ3n) is 8.49. The van der Waals surface area contributed by atoms with Crippen molar-refractivity contribution < 1.29 is 25.8 Å². The maximum Gasteiger partial charge on any atom is 0.534 e. The zero-order chi connectivity index (χ0) is 29.2. The normalized spacial score (nSPS) is 17.1. The van der Waals surface area contributed by atoms with Gasteiger partial charge in [-0.2, -0.15) is 21.6 Å². The highest BCUT2D eigenvalue weighted by Crippen LogP contribution is 2.54. The first-order valence-corrected chi connectivity index (χ1v) is 15.1. The fourth-order valence-corrected chi connectivity index (χ4v) is 7.21. The molecule has 0 aromatic heterocycles. The molecular weight excluding hydrogens is 557 g/mol. The van der Waals surface area contributed by atoms with Crippen molar-refractivity contribution >= 4 is 42.4 Å². The van der Waals surface area contributed by atoms with Gasteiger partial charge in [-0.05, 0) is 74.0 Å². The Hall–Kier alpha value is -4.36. The van der Waals surface area contributed by atoms with Gasteiger partial charge in [0.2, 0.25) is 0 Å². The molecule has 2 atom stereocenters. The fraction of sp³-hybridized carbons (Fsp3) is 0.143. The Bertz CT molecular complexity index is 2120. The van der Waals surface area contributed by atoms with Gasteiger partial charge in [0.05, 0.1) is 0 Å². The van der Waals surface area contributed by atoms with E-state index in [0.29, 0.717) is 12.0 Å². The van der Waals surface area contributed by atoms with Crippen LogP contribution in [0.5, 0.6) is 5.75 Å². The van der Waals surface area contributed by atoms with Crippen molar-refractivity contribution in [1.29, 1.82) is 0 Å². The maximum absolute atomic E-state index is 13.6. The molecule has 210 valence electrons. The van der Waals surface area contributed by atoms with Crippen molar-refractivity contribution in [3.8, 4) is 5.75 Å². The average molecular weight is 583 g/mol. The molecule has 0 amide bonds. The number of rotatable bonds is 4. The third-order valence-corrected chi connectivity index (χ3v) is 9.46. The van der Waals surface area contributed by atoms with Crippen molar-refractivity contribution in [3.63, 3.8) is 0 Å². The summed E-state index contributed by atoms with van der Waals surface area (Å²) in [5, 5.41) is 5.71. The molecule has 1 aliphatic rings. The third kappa shape index (κ3) is 4.14. The molecule has 7 heteroatoms. The van der Waals surface area contributed by atoms with Crippen LogP contribution in [0, 0.1) is 6.92 Å². The van der Waals surface area contributed by atoms with Gasteiger partial charge < -0.3 is 4.18 Å². The summed E-state index contributed by atoms with van der Waals surface area (Å²) < 4.78 is 70.3. The van der Waals surface area contributed by atoms with E-state index in [0.717, 1.165) is 54.6 Å². The van der Waals surface area contributed by atoms with Crippen LogP contribution in [0.2, 0.25) is 0 Å². The van der Waals surface area contributed by atoms with E-state index in [1.54, 1.807) is 6.07 Å². The van der Waals surface area contributed by atoms with E-state index in [2.05, 4.69) is 24.3 Å². The van der Waals surface area contributed by atoms with E-state index in [9.17, 15) is 21.6 Å². The molecule has 3 nitrogen and oxygen atoms in total. The molecule has 0 saturated heterocycles. The summed E-state index contributed by atoms with van der Waals surface area (Å²) in [7, 11) is -5.89. The summed E-state index contributed by atoms with van der Waals surface area (Å²) in [5.41, 5.74) is -1.11. The van der Waals surface area contributed by atoms with Crippen molar-refractivity contribution in [2.24, 2.45) is 0 Å². The van der Waals surface area contributed by atoms with Gasteiger partial charge in [0.1, 0.15) is 5.75 Å². The highest BCUT2D eigenvalue weighted by molar-refractivity contribution is 7.88. The van der Waals surface area contributed by atoms with Gasteiger partial charge in [-0.25, -0.2) is 0 Å². The molecule has 2 unspecified atom stereocenters. The Balaban J connectivity index is 1.59. The second-order valence-electron chi connectivity index (χ2n) is 10.8. The van der Waals surface area contributed by atoms with E-state index < -0.39 is 21.5 Å². The second-order valence-corrected chi connectivity index (χ2v) is 12.4. The summed E-state index contributed by atoms with van der Waals surface area (Å²) in [6.45, 7) is 1.99. The molecule has 0 radical (unpaired) electrons. The summed E-state index contributed by atoms with van der Waals surface area (Å²) >= 11 is 0. The molecule has 0 aliphatic heterocycles. The predicted molar refractivity (Wildman–Crippen MR) is 160 cm³/mol. The lowest BCUT2D eigenvalue weighted by molar-refractivity contribution is -0.0500. The first-order valence-electron chi connectivity index (χ1n) is 13.7. The van der Waals surface area contributed by atoms with Gasteiger partial charge in [0.25, 0.3) is 0 Å². The standard InChI is InChI=1S/C35H25F3O3S/c1-21-16-17-24-18-19-31(41-42(39,40)35(36,37)38)34-30(28-15-7-11-23-9-3-5-13-26(23)28)20-29(32(21)33(24)34)27-14-6-10-22-8-2-4-12-25(22)27/h2-19,29-30H,20H2,1H3. The van der Waals surface area contributed by atoms with Crippen LogP contribution in [0.3, 0.4) is 0 Å². The zero-order valence-electron chi connectivity index (χ0n) is 22.5. The van der Waals surface area contributed by atoms with E-state index in [4.69, 9.17) is 4.18 Å². The number of hydrogen-bond donors (Lipinski definition) is 0. The topological polar surface area (TPSA) is 43.4 Å². The van der Waals surface area contributed by atoms with Gasteiger partial charge in [0, 0.05) is 17.4 Å². The highest BCUT2D eigenvalue weighted by atomic mass is 32.2. The van der Waals surface area contributed by atoms with Crippen molar-refractivity contribution in [1.82, 2.24) is 0 Å². The molecule has 6 aromatic carbocycles. The van der Waals surface area contributed by atoms with E-state index in [-0.39, 0.29) is 11.7 Å². The van der Waals surface area contributed by atoms with Gasteiger partial charge in [-0.3, -0.25) is 0 Å². The SMILES string of the molecule is Cc1ccc2ccc(OS(=O)(=O)C(F)(F)F)c3c2c1C(c1cccc2ccccc12)CC3c1cccc2ccccc12. The molecule has 0 heterocycles. The molecular formula is C35H25F3O3S. The van der Waals surface area contributed by atoms with Gasteiger partial charge in [-0.15, -0.1) is 0 Å². The number of alkyl halides is 3. The zero-order valence-corrected chi connectivity index (χ0v) is 23.3. The molecule has 42 heavy (non-hydrogen) atoms. The van der Waals surface area contributed by atoms with Crippen LogP contribution in [0.4, 0.5) is 13.2 Å². The Labute approximate surface area is 241 Å². The van der Waals surface area contributed by atoms with Gasteiger partial charge in [-0.1, -0.05) is 103 Å². The van der Waals surface area contributed by atoms with Crippen molar-refractivity contribution in [2.75, 3.05) is 0 Å². The maximum atomic E-state index is 13.6. The smallest absolute Gasteiger partial charge is 0.376 e. The average Bonchev–Trinajstić information content (AvgIpc) is 2.98. The van der Waals surface area contributed by atoms with Gasteiger partial charge in [0.15, 0.2) is 0 Å². The fourth-order valence-electron chi connectivity index (χ4n) is 6.74. The summed E-state index contributed by atoms with van der Waals surface area (Å²) in [5.74, 6) is -0.844. The monoisotopic (exact) mass is 582 g/mol. The number of aryl methyl sites for hydroxylation is 1. The Morgan fingerprint density at radius 2 is 1.17 bits per heavy atom. The van der Waals surface area contributed by atoms with E-state index in [1.165, 1.54) is 6.07 Å². The minimum Gasteiger partial charge on any atom is -0.376 e. The Morgan fingerprint density at radius 1 is 0.643 bits per heavy atom. The van der Waals surface area contributed by atoms with Crippen LogP contribution in [0.25, 0.3) is 32.3 Å². The summed E-state index contributed by atoms with van der Waals surface area (Å²) in [4.78, 5) is 0. The van der Waals surface area contributed by atoms with Crippen LogP contribution in [-0.2, 0) is 10.1 Å². The molecule has 0 saturated carbocycles. The number of fused-ring (bicyclic) bond motifs is 2. The summed E-state index contributed by atoms with van der Waals surface area (Å²) in [6, 6.07) is 35.1. The lowest BCUT2D eigenvalue weighted by atomic mass is 9.68. The lowest BCUT2D eigenvalue weighted by Gasteiger charge is -2.36. The quantitative estimate of drug-likeness (QED) is 0.154. The van der Waals surface area contributed by atoms with Crippen LogP contribution in [0.1, 0.15) is 46.1 Å².